The van der Waals surface area contributed by atoms with Gasteiger partial charge in [0.1, 0.15) is 0 Å². The Labute approximate surface area is 87.4 Å². The van der Waals surface area contributed by atoms with Gasteiger partial charge >= 0.3 is 0 Å². The molecule has 14 heavy (non-hydrogen) atoms. The van der Waals surface area contributed by atoms with Crippen molar-refractivity contribution in [1.82, 2.24) is 5.32 Å². The molecule has 3 heteroatoms. The maximum Gasteiger partial charge on any atom is 0.207 e. The van der Waals surface area contributed by atoms with Crippen molar-refractivity contribution >= 4 is 6.41 Å². The smallest absolute Gasteiger partial charge is 0.207 e. The first-order valence-corrected chi connectivity index (χ1v) is 5.41. The van der Waals surface area contributed by atoms with Crippen LogP contribution in [0.5, 0.6) is 0 Å². The van der Waals surface area contributed by atoms with Crippen molar-refractivity contribution in [3.63, 3.8) is 0 Å². The van der Waals surface area contributed by atoms with Crippen molar-refractivity contribution in [2.75, 3.05) is 6.54 Å². The van der Waals surface area contributed by atoms with Gasteiger partial charge in [-0.2, -0.15) is 0 Å². The maximum atomic E-state index is 9.71. The average Bonchev–Trinajstić information content (AvgIpc) is 2.54. The second-order valence-corrected chi connectivity index (χ2v) is 4.90. The highest BCUT2D eigenvalue weighted by Gasteiger charge is 2.11. The standard InChI is InChI=1S/C6H13N.C5H11NO/c7-5-6-3-1-2-4-6;1-5(2,3)6-4-7/h6H,1-5,7H2;4H,1-3H3,(H,6,7). The van der Waals surface area contributed by atoms with Gasteiger partial charge in [-0.05, 0) is 46.1 Å². The molecule has 0 aromatic rings. The SMILES string of the molecule is CC(C)(C)NC=O.NCC1CCCC1. The highest BCUT2D eigenvalue weighted by Crippen LogP contribution is 2.22. The number of nitrogens with two attached hydrogens (primary N) is 1. The molecule has 1 aliphatic rings. The van der Waals surface area contributed by atoms with Crippen LogP contribution in [0, 0.1) is 5.92 Å². The third-order valence-corrected chi connectivity index (χ3v) is 2.30. The molecule has 3 N–H and O–H groups in total. The Morgan fingerprint density at radius 3 is 2.00 bits per heavy atom. The van der Waals surface area contributed by atoms with Crippen molar-refractivity contribution in [1.29, 1.82) is 0 Å². The first-order valence-electron chi connectivity index (χ1n) is 5.41. The van der Waals surface area contributed by atoms with Gasteiger partial charge in [-0.25, -0.2) is 0 Å². The molecule has 1 aliphatic carbocycles. The van der Waals surface area contributed by atoms with E-state index < -0.39 is 0 Å². The first-order chi connectivity index (χ1) is 6.49. The van der Waals surface area contributed by atoms with Gasteiger partial charge in [0.2, 0.25) is 6.41 Å². The Kier molecular flexibility index (Phi) is 6.54. The average molecular weight is 200 g/mol. The molecule has 3 nitrogen and oxygen atoms in total. The van der Waals surface area contributed by atoms with Crippen LogP contribution in [0.2, 0.25) is 0 Å². The van der Waals surface area contributed by atoms with Gasteiger partial charge in [0.05, 0.1) is 0 Å². The van der Waals surface area contributed by atoms with Crippen LogP contribution in [-0.2, 0) is 4.79 Å². The highest BCUT2D eigenvalue weighted by atomic mass is 16.1. The summed E-state index contributed by atoms with van der Waals surface area (Å²) in [5, 5.41) is 2.60. The van der Waals surface area contributed by atoms with Crippen molar-refractivity contribution in [3.8, 4) is 0 Å². The van der Waals surface area contributed by atoms with Crippen molar-refractivity contribution in [2.45, 2.75) is 52.0 Å². The molecule has 84 valence electrons. The monoisotopic (exact) mass is 200 g/mol. The number of hydrogen-bond donors (Lipinski definition) is 2. The van der Waals surface area contributed by atoms with Gasteiger partial charge < -0.3 is 11.1 Å². The lowest BCUT2D eigenvalue weighted by Crippen LogP contribution is -2.34. The lowest BCUT2D eigenvalue weighted by molar-refractivity contribution is -0.110. The largest absolute Gasteiger partial charge is 0.354 e. The van der Waals surface area contributed by atoms with Crippen LogP contribution in [0.15, 0.2) is 0 Å². The minimum atomic E-state index is -0.0677. The number of carbonyl (C=O) groups excluding carboxylic acids is 1. The van der Waals surface area contributed by atoms with Crippen LogP contribution in [0.4, 0.5) is 0 Å². The summed E-state index contributed by atoms with van der Waals surface area (Å²) >= 11 is 0. The van der Waals surface area contributed by atoms with Crippen LogP contribution >= 0.6 is 0 Å². The van der Waals surface area contributed by atoms with Crippen LogP contribution in [0.3, 0.4) is 0 Å². The summed E-state index contributed by atoms with van der Waals surface area (Å²) in [6.07, 6.45) is 6.32. The minimum Gasteiger partial charge on any atom is -0.354 e. The summed E-state index contributed by atoms with van der Waals surface area (Å²) in [7, 11) is 0. The predicted octanol–water partition coefficient (Wildman–Crippen LogP) is 1.67. The Morgan fingerprint density at radius 2 is 1.86 bits per heavy atom. The molecule has 1 rings (SSSR count). The normalized spacial score (nSPS) is 17.1. The topological polar surface area (TPSA) is 55.1 Å². The van der Waals surface area contributed by atoms with Gasteiger partial charge in [0.25, 0.3) is 0 Å². The fourth-order valence-electron chi connectivity index (χ4n) is 1.42. The molecule has 0 heterocycles. The zero-order valence-electron chi connectivity index (χ0n) is 9.68. The number of rotatable bonds is 2. The summed E-state index contributed by atoms with van der Waals surface area (Å²) in [5.41, 5.74) is 5.37. The van der Waals surface area contributed by atoms with Crippen LogP contribution in [-0.4, -0.2) is 18.5 Å². The van der Waals surface area contributed by atoms with E-state index in [4.69, 9.17) is 5.73 Å². The van der Waals surface area contributed by atoms with E-state index in [1.54, 1.807) is 0 Å². The number of nitrogens with one attached hydrogen (secondary N) is 1. The fourth-order valence-corrected chi connectivity index (χ4v) is 1.42. The highest BCUT2D eigenvalue weighted by molar-refractivity contribution is 5.47. The lowest BCUT2D eigenvalue weighted by Gasteiger charge is -2.15. The molecule has 0 unspecified atom stereocenters. The van der Waals surface area contributed by atoms with E-state index in [9.17, 15) is 4.79 Å². The van der Waals surface area contributed by atoms with Crippen LogP contribution in [0.1, 0.15) is 46.5 Å². The molecule has 0 aromatic heterocycles. The van der Waals surface area contributed by atoms with E-state index >= 15 is 0 Å². The fraction of sp³-hybridized carbons (Fsp3) is 0.909. The van der Waals surface area contributed by atoms with Gasteiger partial charge in [0.15, 0.2) is 0 Å². The molecule has 0 aromatic carbocycles. The van der Waals surface area contributed by atoms with Gasteiger partial charge in [0, 0.05) is 5.54 Å². The third kappa shape index (κ3) is 8.05. The number of amides is 1. The van der Waals surface area contributed by atoms with E-state index in [1.165, 1.54) is 25.7 Å². The van der Waals surface area contributed by atoms with Crippen LogP contribution in [0.25, 0.3) is 0 Å². The summed E-state index contributed by atoms with van der Waals surface area (Å²) in [4.78, 5) is 9.71. The van der Waals surface area contributed by atoms with E-state index in [0.717, 1.165) is 12.5 Å². The molecular formula is C11H24N2O. The minimum absolute atomic E-state index is 0.0677. The lowest BCUT2D eigenvalue weighted by atomic mass is 10.1. The van der Waals surface area contributed by atoms with E-state index in [1.807, 2.05) is 20.8 Å². The number of hydrogen-bond acceptors (Lipinski definition) is 2. The molecule has 0 spiro atoms. The van der Waals surface area contributed by atoms with Gasteiger partial charge in [-0.1, -0.05) is 12.8 Å². The van der Waals surface area contributed by atoms with Crippen molar-refractivity contribution < 1.29 is 4.79 Å². The Morgan fingerprint density at radius 1 is 1.36 bits per heavy atom. The van der Waals surface area contributed by atoms with Gasteiger partial charge in [-0.15, -0.1) is 0 Å². The first kappa shape index (κ1) is 13.4. The number of carbonyl (C=O) groups is 1. The predicted molar refractivity (Wildman–Crippen MR) is 60.0 cm³/mol. The van der Waals surface area contributed by atoms with Crippen molar-refractivity contribution in [2.24, 2.45) is 11.7 Å². The molecule has 0 radical (unpaired) electrons. The van der Waals surface area contributed by atoms with E-state index in [-0.39, 0.29) is 5.54 Å². The summed E-state index contributed by atoms with van der Waals surface area (Å²) in [5.74, 6) is 0.875. The Hall–Kier alpha value is -0.570. The zero-order valence-corrected chi connectivity index (χ0v) is 9.68. The molecule has 0 saturated heterocycles. The second kappa shape index (κ2) is 6.82. The quantitative estimate of drug-likeness (QED) is 0.666. The van der Waals surface area contributed by atoms with E-state index in [0.29, 0.717) is 6.41 Å². The summed E-state index contributed by atoms with van der Waals surface area (Å²) in [6, 6.07) is 0. The molecule has 0 bridgehead atoms. The molecular weight excluding hydrogens is 176 g/mol. The zero-order chi connectivity index (χ0) is 11.0. The molecule has 1 amide bonds. The Balaban J connectivity index is 0.000000241. The molecule has 0 aliphatic heterocycles. The third-order valence-electron chi connectivity index (χ3n) is 2.30. The maximum absolute atomic E-state index is 9.71. The molecule has 1 saturated carbocycles. The van der Waals surface area contributed by atoms with Gasteiger partial charge in [-0.3, -0.25) is 4.79 Å². The second-order valence-electron chi connectivity index (χ2n) is 4.90. The summed E-state index contributed by atoms with van der Waals surface area (Å²) in [6.45, 7) is 6.71. The molecule has 1 fully saturated rings. The van der Waals surface area contributed by atoms with E-state index in [2.05, 4.69) is 5.32 Å². The summed E-state index contributed by atoms with van der Waals surface area (Å²) < 4.78 is 0. The Bertz CT molecular complexity index is 146. The van der Waals surface area contributed by atoms with Crippen molar-refractivity contribution in [3.05, 3.63) is 0 Å². The molecule has 0 atom stereocenters. The van der Waals surface area contributed by atoms with Crippen LogP contribution < -0.4 is 11.1 Å².